The predicted octanol–water partition coefficient (Wildman–Crippen LogP) is 1.34. The summed E-state index contributed by atoms with van der Waals surface area (Å²) in [7, 11) is 0. The highest BCUT2D eigenvalue weighted by Gasteiger charge is 2.15. The second-order valence-electron chi connectivity index (χ2n) is 3.23. The maximum absolute atomic E-state index is 5.78. The van der Waals surface area contributed by atoms with Crippen LogP contribution >= 0.6 is 0 Å². The Bertz CT molecular complexity index is 288. The highest BCUT2D eigenvalue weighted by molar-refractivity contribution is 5.27. The molecule has 13 heavy (non-hydrogen) atoms. The van der Waals surface area contributed by atoms with Crippen LogP contribution in [0.25, 0.3) is 0 Å². The molecule has 1 atom stereocenters. The van der Waals surface area contributed by atoms with E-state index in [2.05, 4.69) is 17.2 Å². The molecule has 0 bridgehead atoms. The molecule has 1 N–H and O–H groups in total. The number of nitrogens with zero attached hydrogens (tertiary/aromatic N) is 1. The highest BCUT2D eigenvalue weighted by Crippen LogP contribution is 2.19. The third kappa shape index (κ3) is 1.80. The largest absolute Gasteiger partial charge is 0.487 e. The zero-order valence-corrected chi connectivity index (χ0v) is 7.79. The summed E-state index contributed by atoms with van der Waals surface area (Å²) in [5.74, 6) is 0.930. The normalized spacial score (nSPS) is 21.5. The van der Waals surface area contributed by atoms with Crippen LogP contribution in [0.15, 0.2) is 18.3 Å². The third-order valence-corrected chi connectivity index (χ3v) is 2.26. The number of nitrogens with one attached hydrogen (secondary N) is 1. The minimum Gasteiger partial charge on any atom is -0.487 e. The van der Waals surface area contributed by atoms with E-state index in [-0.39, 0.29) is 6.10 Å². The minimum absolute atomic E-state index is 0.283. The van der Waals surface area contributed by atoms with Crippen molar-refractivity contribution in [3.63, 3.8) is 0 Å². The minimum atomic E-state index is 0.283. The van der Waals surface area contributed by atoms with Gasteiger partial charge in [0.2, 0.25) is 0 Å². The first-order valence-corrected chi connectivity index (χ1v) is 4.71. The van der Waals surface area contributed by atoms with Gasteiger partial charge in [-0.2, -0.15) is 0 Å². The maximum Gasteiger partial charge on any atom is 0.142 e. The van der Waals surface area contributed by atoms with Gasteiger partial charge in [0.25, 0.3) is 0 Å². The molecule has 0 saturated heterocycles. The zero-order chi connectivity index (χ0) is 9.10. The Kier molecular flexibility index (Phi) is 2.45. The van der Waals surface area contributed by atoms with Gasteiger partial charge in [0.05, 0.1) is 5.69 Å². The van der Waals surface area contributed by atoms with Gasteiger partial charge in [-0.1, -0.05) is 6.92 Å². The summed E-state index contributed by atoms with van der Waals surface area (Å²) in [4.78, 5) is 4.26. The summed E-state index contributed by atoms with van der Waals surface area (Å²) < 4.78 is 5.78. The third-order valence-electron chi connectivity index (χ3n) is 2.26. The van der Waals surface area contributed by atoms with E-state index >= 15 is 0 Å². The van der Waals surface area contributed by atoms with Crippen molar-refractivity contribution < 1.29 is 4.74 Å². The quantitative estimate of drug-likeness (QED) is 0.704. The van der Waals surface area contributed by atoms with E-state index in [0.29, 0.717) is 0 Å². The first kappa shape index (κ1) is 8.51. The smallest absolute Gasteiger partial charge is 0.142 e. The summed E-state index contributed by atoms with van der Waals surface area (Å²) in [6.07, 6.45) is 3.11. The maximum atomic E-state index is 5.78. The summed E-state index contributed by atoms with van der Waals surface area (Å²) >= 11 is 0. The van der Waals surface area contributed by atoms with Crippen molar-refractivity contribution in [1.29, 1.82) is 0 Å². The fraction of sp³-hybridized carbons (Fsp3) is 0.500. The summed E-state index contributed by atoms with van der Waals surface area (Å²) in [5, 5.41) is 3.32. The fourth-order valence-electron chi connectivity index (χ4n) is 1.46. The molecule has 3 nitrogen and oxygen atoms in total. The van der Waals surface area contributed by atoms with Crippen LogP contribution < -0.4 is 10.1 Å². The van der Waals surface area contributed by atoms with Crippen molar-refractivity contribution >= 4 is 0 Å². The lowest BCUT2D eigenvalue weighted by Gasteiger charge is -2.14. The Hall–Kier alpha value is -1.09. The monoisotopic (exact) mass is 178 g/mol. The average molecular weight is 178 g/mol. The van der Waals surface area contributed by atoms with Gasteiger partial charge in [-0.25, -0.2) is 0 Å². The van der Waals surface area contributed by atoms with Crippen LogP contribution in [0.2, 0.25) is 0 Å². The van der Waals surface area contributed by atoms with Crippen LogP contribution in [0.5, 0.6) is 5.75 Å². The Balaban J connectivity index is 2.23. The van der Waals surface area contributed by atoms with Crippen molar-refractivity contribution in [2.45, 2.75) is 26.0 Å². The number of ether oxygens (including phenoxy) is 1. The molecule has 1 aliphatic rings. The zero-order valence-electron chi connectivity index (χ0n) is 7.79. The lowest BCUT2D eigenvalue weighted by molar-refractivity contribution is 0.201. The van der Waals surface area contributed by atoms with Crippen LogP contribution in [0.3, 0.4) is 0 Å². The second kappa shape index (κ2) is 3.75. The molecule has 70 valence electrons. The molecule has 1 aromatic heterocycles. The molecule has 3 heteroatoms. The number of hydrogen-bond donors (Lipinski definition) is 1. The lowest BCUT2D eigenvalue weighted by atomic mass is 10.3. The van der Waals surface area contributed by atoms with Gasteiger partial charge in [0, 0.05) is 19.3 Å². The molecule has 0 unspecified atom stereocenters. The van der Waals surface area contributed by atoms with Crippen LogP contribution in [0.1, 0.15) is 19.0 Å². The first-order valence-electron chi connectivity index (χ1n) is 4.71. The highest BCUT2D eigenvalue weighted by atomic mass is 16.5. The topological polar surface area (TPSA) is 34.2 Å². The predicted molar refractivity (Wildman–Crippen MR) is 50.7 cm³/mol. The number of rotatable bonds is 1. The molecule has 1 aromatic rings. The second-order valence-corrected chi connectivity index (χ2v) is 3.23. The molecule has 0 amide bonds. The molecule has 0 aliphatic carbocycles. The van der Waals surface area contributed by atoms with Gasteiger partial charge in [-0.15, -0.1) is 0 Å². The molecule has 2 heterocycles. The summed E-state index contributed by atoms with van der Waals surface area (Å²) in [6, 6.07) is 3.90. The Labute approximate surface area is 78.1 Å². The van der Waals surface area contributed by atoms with Crippen LogP contribution in [0.4, 0.5) is 0 Å². The Morgan fingerprint density at radius 2 is 2.62 bits per heavy atom. The van der Waals surface area contributed by atoms with Crippen molar-refractivity contribution in [2.24, 2.45) is 0 Å². The summed E-state index contributed by atoms with van der Waals surface area (Å²) in [5.41, 5.74) is 1.01. The van der Waals surface area contributed by atoms with Gasteiger partial charge in [0.1, 0.15) is 11.9 Å². The lowest BCUT2D eigenvalue weighted by Crippen LogP contribution is -2.27. The number of fused-ring (bicyclic) bond motifs is 1. The molecule has 0 saturated carbocycles. The first-order chi connectivity index (χ1) is 6.40. The van der Waals surface area contributed by atoms with E-state index in [9.17, 15) is 0 Å². The van der Waals surface area contributed by atoms with E-state index in [0.717, 1.165) is 31.0 Å². The fourth-order valence-corrected chi connectivity index (χ4v) is 1.46. The molecular weight excluding hydrogens is 164 g/mol. The number of pyridine rings is 1. The molecule has 2 rings (SSSR count). The van der Waals surface area contributed by atoms with Gasteiger partial charge in [-0.05, 0) is 18.6 Å². The van der Waals surface area contributed by atoms with Gasteiger partial charge >= 0.3 is 0 Å². The summed E-state index contributed by atoms with van der Waals surface area (Å²) in [6.45, 7) is 3.85. The molecule has 1 aliphatic heterocycles. The molecule has 0 radical (unpaired) electrons. The van der Waals surface area contributed by atoms with Crippen LogP contribution in [0, 0.1) is 0 Å². The molecule has 0 fully saturated rings. The van der Waals surface area contributed by atoms with Gasteiger partial charge in [0.15, 0.2) is 0 Å². The Morgan fingerprint density at radius 1 is 1.69 bits per heavy atom. The SMILES string of the molecule is CC[C@@H]1CNCc2ncccc2O1. The van der Waals surface area contributed by atoms with Gasteiger partial charge in [-0.3, -0.25) is 4.98 Å². The molecule has 0 aromatic carbocycles. The Morgan fingerprint density at radius 3 is 3.46 bits per heavy atom. The van der Waals surface area contributed by atoms with Crippen molar-refractivity contribution in [3.05, 3.63) is 24.0 Å². The molecule has 0 spiro atoms. The van der Waals surface area contributed by atoms with E-state index in [1.54, 1.807) is 6.20 Å². The average Bonchev–Trinajstić information content (AvgIpc) is 2.38. The number of aromatic nitrogens is 1. The van der Waals surface area contributed by atoms with Crippen molar-refractivity contribution in [1.82, 2.24) is 10.3 Å². The standard InChI is InChI=1S/C10H14N2O/c1-2-8-6-11-7-9-10(13-8)4-3-5-12-9/h3-5,8,11H,2,6-7H2,1H3/t8-/m1/s1. The van der Waals surface area contributed by atoms with E-state index in [1.807, 2.05) is 12.1 Å². The molecular formula is C10H14N2O. The van der Waals surface area contributed by atoms with E-state index < -0.39 is 0 Å². The van der Waals surface area contributed by atoms with Crippen LogP contribution in [-0.4, -0.2) is 17.6 Å². The van der Waals surface area contributed by atoms with E-state index in [4.69, 9.17) is 4.74 Å². The van der Waals surface area contributed by atoms with Crippen molar-refractivity contribution in [2.75, 3.05) is 6.54 Å². The van der Waals surface area contributed by atoms with Gasteiger partial charge < -0.3 is 10.1 Å². The van der Waals surface area contributed by atoms with E-state index in [1.165, 1.54) is 0 Å². The number of hydrogen-bond acceptors (Lipinski definition) is 3. The van der Waals surface area contributed by atoms with Crippen molar-refractivity contribution in [3.8, 4) is 5.75 Å². The van der Waals surface area contributed by atoms with Crippen LogP contribution in [-0.2, 0) is 6.54 Å².